The number of aromatic nitrogens is 2. The minimum atomic E-state index is -1.02. The number of nitrogens with zero attached hydrogens (tertiary/aromatic N) is 3. The van der Waals surface area contributed by atoms with Gasteiger partial charge in [-0.05, 0) is 24.6 Å². The zero-order valence-electron chi connectivity index (χ0n) is 17.9. The molecule has 1 heterocycles. The standard InChI is InChI=1S/C22H19ClN4O7/c1-2-33-21(29)15-9-16(11-17(10-15)27(31)32)22(30)34-13-20(28)25-19-7-8-24-26(19)12-14-5-3-4-6-18(14)23/h3-11H,2,12-13H2,1H3,(H,25,28). The summed E-state index contributed by atoms with van der Waals surface area (Å²) in [4.78, 5) is 47.1. The minimum Gasteiger partial charge on any atom is -0.462 e. The van der Waals surface area contributed by atoms with Crippen molar-refractivity contribution in [3.8, 4) is 0 Å². The smallest absolute Gasteiger partial charge is 0.338 e. The van der Waals surface area contributed by atoms with Gasteiger partial charge in [0.05, 0.1) is 35.4 Å². The average Bonchev–Trinajstić information content (AvgIpc) is 3.25. The van der Waals surface area contributed by atoms with E-state index in [4.69, 9.17) is 21.1 Å². The van der Waals surface area contributed by atoms with Gasteiger partial charge in [-0.1, -0.05) is 29.8 Å². The molecular weight excluding hydrogens is 468 g/mol. The first-order chi connectivity index (χ1) is 16.3. The Morgan fingerprint density at radius 1 is 1.09 bits per heavy atom. The van der Waals surface area contributed by atoms with Gasteiger partial charge in [-0.2, -0.15) is 5.10 Å². The molecular formula is C22H19ClN4O7. The number of esters is 2. The van der Waals surface area contributed by atoms with Crippen LogP contribution in [-0.2, 0) is 20.8 Å². The molecule has 2 aromatic carbocycles. The van der Waals surface area contributed by atoms with Crippen LogP contribution in [0.1, 0.15) is 33.2 Å². The van der Waals surface area contributed by atoms with Crippen LogP contribution in [-0.4, -0.2) is 45.8 Å². The average molecular weight is 487 g/mol. The molecule has 1 amide bonds. The Morgan fingerprint density at radius 2 is 1.76 bits per heavy atom. The van der Waals surface area contributed by atoms with Crippen molar-refractivity contribution >= 4 is 41.0 Å². The van der Waals surface area contributed by atoms with Crippen molar-refractivity contribution in [3.63, 3.8) is 0 Å². The summed E-state index contributed by atoms with van der Waals surface area (Å²) in [6, 6.07) is 11.8. The molecule has 0 aliphatic heterocycles. The van der Waals surface area contributed by atoms with E-state index < -0.39 is 35.1 Å². The van der Waals surface area contributed by atoms with Gasteiger partial charge < -0.3 is 14.8 Å². The fraction of sp³-hybridized carbons (Fsp3) is 0.182. The van der Waals surface area contributed by atoms with Gasteiger partial charge in [-0.25, -0.2) is 14.3 Å². The minimum absolute atomic E-state index is 0.0501. The van der Waals surface area contributed by atoms with E-state index in [9.17, 15) is 24.5 Å². The lowest BCUT2D eigenvalue weighted by molar-refractivity contribution is -0.384. The molecule has 0 saturated carbocycles. The van der Waals surface area contributed by atoms with E-state index in [0.717, 1.165) is 23.8 Å². The Kier molecular flexibility index (Phi) is 7.93. The van der Waals surface area contributed by atoms with Crippen molar-refractivity contribution in [3.05, 3.63) is 86.6 Å². The number of rotatable bonds is 9. The number of nitrogens with one attached hydrogen (secondary N) is 1. The van der Waals surface area contributed by atoms with Crippen LogP contribution in [0.15, 0.2) is 54.7 Å². The maximum absolute atomic E-state index is 12.4. The van der Waals surface area contributed by atoms with E-state index in [1.54, 1.807) is 25.1 Å². The lowest BCUT2D eigenvalue weighted by atomic mass is 10.1. The zero-order chi connectivity index (χ0) is 24.7. The molecule has 0 unspecified atom stereocenters. The van der Waals surface area contributed by atoms with E-state index in [-0.39, 0.29) is 17.7 Å². The summed E-state index contributed by atoms with van der Waals surface area (Å²) in [5, 5.41) is 18.4. The SMILES string of the molecule is CCOC(=O)c1cc(C(=O)OCC(=O)Nc2ccnn2Cc2ccccc2Cl)cc([N+](=O)[O-])c1. The molecule has 0 aliphatic carbocycles. The fourth-order valence-electron chi connectivity index (χ4n) is 2.91. The van der Waals surface area contributed by atoms with E-state index in [2.05, 4.69) is 10.4 Å². The number of hydrogen-bond acceptors (Lipinski definition) is 8. The molecule has 0 radical (unpaired) electrons. The molecule has 3 rings (SSSR count). The van der Waals surface area contributed by atoms with Crippen molar-refractivity contribution in [2.24, 2.45) is 0 Å². The molecule has 0 aliphatic rings. The van der Waals surface area contributed by atoms with Crippen molar-refractivity contribution in [1.82, 2.24) is 9.78 Å². The highest BCUT2D eigenvalue weighted by atomic mass is 35.5. The molecule has 3 aromatic rings. The lowest BCUT2D eigenvalue weighted by Gasteiger charge is -2.11. The summed E-state index contributed by atoms with van der Waals surface area (Å²) < 4.78 is 11.3. The largest absolute Gasteiger partial charge is 0.462 e. The highest BCUT2D eigenvalue weighted by Crippen LogP contribution is 2.20. The van der Waals surface area contributed by atoms with Gasteiger partial charge in [0.15, 0.2) is 6.61 Å². The zero-order valence-corrected chi connectivity index (χ0v) is 18.7. The topological polar surface area (TPSA) is 143 Å². The summed E-state index contributed by atoms with van der Waals surface area (Å²) in [6.45, 7) is 1.25. The van der Waals surface area contributed by atoms with Crippen molar-refractivity contribution in [2.45, 2.75) is 13.5 Å². The number of nitro benzene ring substituents is 1. The third kappa shape index (κ3) is 6.17. The van der Waals surface area contributed by atoms with Crippen LogP contribution in [0.25, 0.3) is 0 Å². The third-order valence-corrected chi connectivity index (χ3v) is 4.84. The van der Waals surface area contributed by atoms with E-state index in [0.29, 0.717) is 17.4 Å². The van der Waals surface area contributed by atoms with E-state index in [1.165, 1.54) is 10.9 Å². The Bertz CT molecular complexity index is 1240. The quantitative estimate of drug-likeness (QED) is 0.275. The normalized spacial score (nSPS) is 10.4. The van der Waals surface area contributed by atoms with E-state index in [1.807, 2.05) is 12.1 Å². The summed E-state index contributed by atoms with van der Waals surface area (Å²) in [5.41, 5.74) is -0.159. The Hall–Kier alpha value is -4.25. The predicted molar refractivity (Wildman–Crippen MR) is 121 cm³/mol. The van der Waals surface area contributed by atoms with Gasteiger partial charge in [-0.15, -0.1) is 0 Å². The Labute approximate surface area is 198 Å². The second-order valence-electron chi connectivity index (χ2n) is 6.84. The number of carbonyl (C=O) groups excluding carboxylic acids is 3. The van der Waals surface area contributed by atoms with Crippen LogP contribution in [0.3, 0.4) is 0 Å². The number of carbonyl (C=O) groups is 3. The first kappa shape index (κ1) is 24.4. The number of halogens is 1. The Balaban J connectivity index is 1.65. The molecule has 1 N–H and O–H groups in total. The first-order valence-corrected chi connectivity index (χ1v) is 10.3. The van der Waals surface area contributed by atoms with Gasteiger partial charge in [0, 0.05) is 23.2 Å². The number of anilines is 1. The van der Waals surface area contributed by atoms with Gasteiger partial charge in [0.1, 0.15) is 5.82 Å². The number of ether oxygens (including phenoxy) is 2. The molecule has 176 valence electrons. The third-order valence-electron chi connectivity index (χ3n) is 4.47. The summed E-state index contributed by atoms with van der Waals surface area (Å²) in [5.74, 6) is -2.16. The van der Waals surface area contributed by atoms with E-state index >= 15 is 0 Å². The number of hydrogen-bond donors (Lipinski definition) is 1. The van der Waals surface area contributed by atoms with Crippen molar-refractivity contribution < 1.29 is 28.8 Å². The molecule has 0 atom stereocenters. The molecule has 0 spiro atoms. The summed E-state index contributed by atoms with van der Waals surface area (Å²) in [7, 11) is 0. The number of amides is 1. The molecule has 0 saturated heterocycles. The van der Waals surface area contributed by atoms with Gasteiger partial charge >= 0.3 is 11.9 Å². The second kappa shape index (κ2) is 11.1. The van der Waals surface area contributed by atoms with Crippen LogP contribution >= 0.6 is 11.6 Å². The number of benzene rings is 2. The molecule has 0 fully saturated rings. The van der Waals surface area contributed by atoms with Crippen LogP contribution < -0.4 is 5.32 Å². The fourth-order valence-corrected chi connectivity index (χ4v) is 3.11. The monoisotopic (exact) mass is 486 g/mol. The highest BCUT2D eigenvalue weighted by Gasteiger charge is 2.20. The van der Waals surface area contributed by atoms with Crippen LogP contribution in [0.4, 0.5) is 11.5 Å². The number of non-ortho nitro benzene ring substituents is 1. The summed E-state index contributed by atoms with van der Waals surface area (Å²) >= 11 is 6.16. The Morgan fingerprint density at radius 3 is 2.41 bits per heavy atom. The maximum Gasteiger partial charge on any atom is 0.338 e. The molecule has 12 heteroatoms. The van der Waals surface area contributed by atoms with Crippen LogP contribution in [0.5, 0.6) is 0 Å². The highest BCUT2D eigenvalue weighted by molar-refractivity contribution is 6.31. The summed E-state index contributed by atoms with van der Waals surface area (Å²) in [6.07, 6.45) is 1.48. The first-order valence-electron chi connectivity index (χ1n) is 9.97. The predicted octanol–water partition coefficient (Wildman–Crippen LogP) is 3.47. The van der Waals surface area contributed by atoms with Crippen LogP contribution in [0.2, 0.25) is 5.02 Å². The van der Waals surface area contributed by atoms with Gasteiger partial charge in [0.2, 0.25) is 0 Å². The molecule has 34 heavy (non-hydrogen) atoms. The lowest BCUT2D eigenvalue weighted by Crippen LogP contribution is -2.23. The van der Waals surface area contributed by atoms with Gasteiger partial charge in [-0.3, -0.25) is 14.9 Å². The van der Waals surface area contributed by atoms with Crippen molar-refractivity contribution in [1.29, 1.82) is 0 Å². The van der Waals surface area contributed by atoms with Crippen LogP contribution in [0, 0.1) is 10.1 Å². The molecule has 0 bridgehead atoms. The van der Waals surface area contributed by atoms with Gasteiger partial charge in [0.25, 0.3) is 11.6 Å². The second-order valence-corrected chi connectivity index (χ2v) is 7.24. The number of nitro groups is 1. The van der Waals surface area contributed by atoms with Crippen molar-refractivity contribution in [2.75, 3.05) is 18.5 Å². The maximum atomic E-state index is 12.4. The molecule has 1 aromatic heterocycles. The molecule has 11 nitrogen and oxygen atoms in total.